The average molecular weight is 406 g/mol. The molecule has 1 saturated heterocycles. The standard InChI is InChI=1S/C18H19N3O2S3/c1-11(16(22)21-7-3-4-8-21)26-18-19-15-14(17(23)20(18)2)12(10-25-15)13-6-5-9-24-13/h5-6,9-11H,3-4,7-8H2,1-2H3. The van der Waals surface area contributed by atoms with Crippen LogP contribution < -0.4 is 5.56 Å². The molecule has 0 N–H and O–H groups in total. The van der Waals surface area contributed by atoms with Gasteiger partial charge in [0.2, 0.25) is 5.91 Å². The summed E-state index contributed by atoms with van der Waals surface area (Å²) in [7, 11) is 1.74. The van der Waals surface area contributed by atoms with Gasteiger partial charge in [0.05, 0.1) is 10.6 Å². The Morgan fingerprint density at radius 3 is 2.77 bits per heavy atom. The van der Waals surface area contributed by atoms with Gasteiger partial charge >= 0.3 is 0 Å². The number of carbonyl (C=O) groups excluding carboxylic acids is 1. The molecule has 5 nitrogen and oxygen atoms in total. The fourth-order valence-corrected chi connectivity index (χ4v) is 5.94. The Bertz CT molecular complexity index is 1000. The minimum absolute atomic E-state index is 0.0528. The van der Waals surface area contributed by atoms with E-state index < -0.39 is 0 Å². The van der Waals surface area contributed by atoms with Crippen LogP contribution in [0.1, 0.15) is 19.8 Å². The van der Waals surface area contributed by atoms with Gasteiger partial charge in [0.1, 0.15) is 4.83 Å². The van der Waals surface area contributed by atoms with E-state index in [9.17, 15) is 9.59 Å². The summed E-state index contributed by atoms with van der Waals surface area (Å²) in [5.74, 6) is 0.132. The van der Waals surface area contributed by atoms with Crippen LogP contribution in [0.5, 0.6) is 0 Å². The number of fused-ring (bicyclic) bond motifs is 1. The monoisotopic (exact) mass is 405 g/mol. The third-order valence-electron chi connectivity index (χ3n) is 4.61. The van der Waals surface area contributed by atoms with E-state index in [0.29, 0.717) is 10.5 Å². The van der Waals surface area contributed by atoms with Crippen molar-refractivity contribution in [3.8, 4) is 10.4 Å². The van der Waals surface area contributed by atoms with E-state index in [1.54, 1.807) is 23.0 Å². The van der Waals surface area contributed by atoms with Crippen LogP contribution in [0.15, 0.2) is 32.8 Å². The topological polar surface area (TPSA) is 55.2 Å². The Labute approximate surface area is 163 Å². The number of thiophene rings is 2. The first-order valence-electron chi connectivity index (χ1n) is 8.54. The summed E-state index contributed by atoms with van der Waals surface area (Å²) in [5, 5.41) is 5.02. The number of thioether (sulfide) groups is 1. The zero-order valence-electron chi connectivity index (χ0n) is 14.6. The van der Waals surface area contributed by atoms with Crippen molar-refractivity contribution in [1.29, 1.82) is 0 Å². The molecule has 1 fully saturated rings. The first kappa shape index (κ1) is 17.8. The van der Waals surface area contributed by atoms with Gasteiger partial charge in [-0.05, 0) is 31.2 Å². The van der Waals surface area contributed by atoms with Crippen molar-refractivity contribution in [3.05, 3.63) is 33.2 Å². The summed E-state index contributed by atoms with van der Waals surface area (Å²) in [4.78, 5) is 33.9. The van der Waals surface area contributed by atoms with Gasteiger partial charge < -0.3 is 4.90 Å². The summed E-state index contributed by atoms with van der Waals surface area (Å²) in [6, 6.07) is 4.00. The molecule has 3 aromatic heterocycles. The number of carbonyl (C=O) groups is 1. The molecule has 136 valence electrons. The fourth-order valence-electron chi connectivity index (χ4n) is 3.17. The van der Waals surface area contributed by atoms with Crippen molar-refractivity contribution < 1.29 is 4.79 Å². The fraction of sp³-hybridized carbons (Fsp3) is 0.389. The Morgan fingerprint density at radius 2 is 2.08 bits per heavy atom. The van der Waals surface area contributed by atoms with Crippen LogP contribution in [-0.2, 0) is 11.8 Å². The van der Waals surface area contributed by atoms with Crippen LogP contribution >= 0.6 is 34.4 Å². The lowest BCUT2D eigenvalue weighted by atomic mass is 10.2. The molecular formula is C18H19N3O2S3. The first-order chi connectivity index (χ1) is 12.6. The zero-order valence-corrected chi connectivity index (χ0v) is 17.0. The number of aromatic nitrogens is 2. The van der Waals surface area contributed by atoms with Gasteiger partial charge in [0.15, 0.2) is 5.16 Å². The lowest BCUT2D eigenvalue weighted by molar-refractivity contribution is -0.129. The maximum absolute atomic E-state index is 13.0. The Morgan fingerprint density at radius 1 is 1.31 bits per heavy atom. The molecule has 0 bridgehead atoms. The minimum atomic E-state index is -0.250. The molecule has 4 heterocycles. The smallest absolute Gasteiger partial charge is 0.263 e. The van der Waals surface area contributed by atoms with Crippen molar-refractivity contribution in [2.75, 3.05) is 13.1 Å². The van der Waals surface area contributed by atoms with Crippen LogP contribution in [-0.4, -0.2) is 38.7 Å². The van der Waals surface area contributed by atoms with Crippen molar-refractivity contribution in [3.63, 3.8) is 0 Å². The maximum atomic E-state index is 13.0. The largest absolute Gasteiger partial charge is 0.342 e. The van der Waals surface area contributed by atoms with Crippen LogP contribution in [0.3, 0.4) is 0 Å². The molecular weight excluding hydrogens is 386 g/mol. The average Bonchev–Trinajstić information content (AvgIpc) is 3.39. The van der Waals surface area contributed by atoms with E-state index in [1.165, 1.54) is 23.1 Å². The maximum Gasteiger partial charge on any atom is 0.263 e. The Hall–Kier alpha value is -1.64. The Balaban J connectivity index is 1.67. The van der Waals surface area contributed by atoms with Gasteiger partial charge in [-0.3, -0.25) is 14.2 Å². The van der Waals surface area contributed by atoms with Gasteiger partial charge in [-0.25, -0.2) is 4.98 Å². The molecule has 1 aliphatic heterocycles. The van der Waals surface area contributed by atoms with Gasteiger partial charge in [0.25, 0.3) is 5.56 Å². The van der Waals surface area contributed by atoms with Crippen LogP contribution in [0.4, 0.5) is 0 Å². The molecule has 0 spiro atoms. The lowest BCUT2D eigenvalue weighted by Gasteiger charge is -2.20. The number of amides is 1. The number of hydrogen-bond donors (Lipinski definition) is 0. The summed E-state index contributed by atoms with van der Waals surface area (Å²) in [6.07, 6.45) is 2.15. The number of hydrogen-bond acceptors (Lipinski definition) is 6. The first-order valence-corrected chi connectivity index (χ1v) is 11.2. The molecule has 1 amide bonds. The van der Waals surface area contributed by atoms with Crippen LogP contribution in [0, 0.1) is 0 Å². The molecule has 4 rings (SSSR count). The highest BCUT2D eigenvalue weighted by atomic mass is 32.2. The van der Waals surface area contributed by atoms with E-state index >= 15 is 0 Å². The third kappa shape index (κ3) is 3.10. The molecule has 0 aromatic carbocycles. The van der Waals surface area contributed by atoms with Gasteiger partial charge in [0, 0.05) is 36.0 Å². The highest BCUT2D eigenvalue weighted by Gasteiger charge is 2.26. The minimum Gasteiger partial charge on any atom is -0.342 e. The lowest BCUT2D eigenvalue weighted by Crippen LogP contribution is -2.34. The van der Waals surface area contributed by atoms with Crippen molar-refractivity contribution in [2.24, 2.45) is 7.05 Å². The SMILES string of the molecule is CC(Sc1nc2scc(-c3cccs3)c2c(=O)n1C)C(=O)N1CCCC1. The Kier molecular flexibility index (Phi) is 4.90. The predicted octanol–water partition coefficient (Wildman–Crippen LogP) is 3.83. The summed E-state index contributed by atoms with van der Waals surface area (Å²) in [5.41, 5.74) is 0.897. The van der Waals surface area contributed by atoms with Crippen molar-refractivity contribution in [2.45, 2.75) is 30.2 Å². The molecule has 3 aromatic rings. The third-order valence-corrected chi connectivity index (χ3v) is 7.52. The molecule has 1 atom stereocenters. The van der Waals surface area contributed by atoms with Crippen LogP contribution in [0.2, 0.25) is 0 Å². The van der Waals surface area contributed by atoms with Gasteiger partial charge in [-0.2, -0.15) is 0 Å². The molecule has 8 heteroatoms. The molecule has 1 unspecified atom stereocenters. The molecule has 0 aliphatic carbocycles. The quantitative estimate of drug-likeness (QED) is 0.489. The van der Waals surface area contributed by atoms with Crippen molar-refractivity contribution in [1.82, 2.24) is 14.5 Å². The second kappa shape index (κ2) is 7.17. The highest BCUT2D eigenvalue weighted by molar-refractivity contribution is 8.00. The predicted molar refractivity (Wildman–Crippen MR) is 109 cm³/mol. The van der Waals surface area contributed by atoms with E-state index in [-0.39, 0.29) is 16.7 Å². The molecule has 0 saturated carbocycles. The normalized spacial score (nSPS) is 15.7. The van der Waals surface area contributed by atoms with Gasteiger partial charge in [-0.1, -0.05) is 17.8 Å². The van der Waals surface area contributed by atoms with E-state index in [2.05, 4.69) is 0 Å². The number of nitrogens with zero attached hydrogens (tertiary/aromatic N) is 3. The molecule has 1 aliphatic rings. The second-order valence-corrected chi connectivity index (χ2v) is 9.47. The van der Waals surface area contributed by atoms with Crippen LogP contribution in [0.25, 0.3) is 20.7 Å². The second-order valence-electron chi connectivity index (χ2n) is 6.36. The number of likely N-dealkylation sites (tertiary alicyclic amines) is 1. The molecule has 0 radical (unpaired) electrons. The van der Waals surface area contributed by atoms with E-state index in [1.807, 2.05) is 34.7 Å². The number of rotatable bonds is 4. The van der Waals surface area contributed by atoms with E-state index in [4.69, 9.17) is 4.98 Å². The summed E-state index contributed by atoms with van der Waals surface area (Å²) >= 11 is 4.47. The highest BCUT2D eigenvalue weighted by Crippen LogP contribution is 2.35. The zero-order chi connectivity index (χ0) is 18.3. The molecule has 26 heavy (non-hydrogen) atoms. The summed E-state index contributed by atoms with van der Waals surface area (Å²) in [6.45, 7) is 3.57. The van der Waals surface area contributed by atoms with E-state index in [0.717, 1.165) is 41.2 Å². The summed E-state index contributed by atoms with van der Waals surface area (Å²) < 4.78 is 1.57. The van der Waals surface area contributed by atoms with Crippen molar-refractivity contribution >= 4 is 50.6 Å². The van der Waals surface area contributed by atoms with Gasteiger partial charge in [-0.15, -0.1) is 22.7 Å².